The van der Waals surface area contributed by atoms with Crippen molar-refractivity contribution in [3.63, 3.8) is 0 Å². The number of alkyl halides is 1. The lowest BCUT2D eigenvalue weighted by Crippen LogP contribution is -2.15. The molecule has 0 saturated heterocycles. The van der Waals surface area contributed by atoms with Crippen LogP contribution in [-0.4, -0.2) is 211 Å². The highest BCUT2D eigenvalue weighted by atomic mass is 79.9. The number of rotatable bonds is 35. The topological polar surface area (TPSA) is 398 Å². The van der Waals surface area contributed by atoms with Crippen LogP contribution in [0.15, 0.2) is 10.2 Å². The summed E-state index contributed by atoms with van der Waals surface area (Å²) in [5, 5.41) is 23.1. The van der Waals surface area contributed by atoms with Crippen LogP contribution in [0.2, 0.25) is 0 Å². The molecule has 32 heteroatoms. The first-order valence-electron chi connectivity index (χ1n) is 18.1. The van der Waals surface area contributed by atoms with Gasteiger partial charge in [0.15, 0.2) is 0 Å². The average Bonchev–Trinajstić information content (AvgIpc) is 3.25. The van der Waals surface area contributed by atoms with E-state index >= 15 is 0 Å². The number of aliphatic hydroxyl groups is 2. The summed E-state index contributed by atoms with van der Waals surface area (Å²) in [6.07, 6.45) is 0.992. The van der Waals surface area contributed by atoms with Crippen molar-refractivity contribution in [2.24, 2.45) is 21.7 Å². The highest BCUT2D eigenvalue weighted by Gasteiger charge is 1.99. The van der Waals surface area contributed by atoms with Crippen molar-refractivity contribution in [2.75, 3.05) is 192 Å². The minimum absolute atomic E-state index is 0. The second kappa shape index (κ2) is 85.7. The number of hydrogen-bond donors (Lipinski definition) is 10. The fraction of sp³-hybridized carbons (Fsp3) is 1.00. The number of nitrogens with two attached hydrogens (primary N) is 2. The van der Waals surface area contributed by atoms with Crippen LogP contribution < -0.4 is 44.3 Å². The second-order valence-corrected chi connectivity index (χ2v) is 11.4. The Morgan fingerprint density at radius 1 is 0.525 bits per heavy atom. The van der Waals surface area contributed by atoms with Crippen LogP contribution >= 0.6 is 28.3 Å². The van der Waals surface area contributed by atoms with Crippen molar-refractivity contribution >= 4 is 38.5 Å². The predicted molar refractivity (Wildman–Crippen MR) is 235 cm³/mol. The molecular weight excluding hydrogens is 932 g/mol. The first kappa shape index (κ1) is 76.8. The number of aliphatic hydroxyl groups excluding tert-OH is 2. The van der Waals surface area contributed by atoms with E-state index in [9.17, 15) is 8.42 Å². The summed E-state index contributed by atoms with van der Waals surface area (Å²) in [6, 6.07) is 0. The van der Waals surface area contributed by atoms with Crippen LogP contribution in [0.4, 0.5) is 0 Å². The van der Waals surface area contributed by atoms with Crippen molar-refractivity contribution < 1.29 is 70.8 Å². The van der Waals surface area contributed by atoms with Gasteiger partial charge in [0.1, 0.15) is 0 Å². The minimum atomic E-state index is -3.31. The third-order valence-electron chi connectivity index (χ3n) is 4.27. The van der Waals surface area contributed by atoms with Gasteiger partial charge >= 0.3 is 0 Å². The van der Waals surface area contributed by atoms with Crippen LogP contribution in [-0.2, 0) is 62.3 Å². The van der Waals surface area contributed by atoms with Crippen molar-refractivity contribution in [3.8, 4) is 0 Å². The number of nitrogens with one attached hydrogen (secondary N) is 6. The molecule has 0 atom stereocenters. The maximum atomic E-state index is 10.3. The Labute approximate surface area is 376 Å². The highest BCUT2D eigenvalue weighted by Crippen LogP contribution is 1.85. The molecule has 0 aromatic carbocycles. The molecule has 0 radical (unpaired) electrons. The van der Waals surface area contributed by atoms with Crippen LogP contribution in [0.3, 0.4) is 0 Å². The van der Waals surface area contributed by atoms with Crippen molar-refractivity contribution in [2.45, 2.75) is 0 Å². The molecule has 0 bridgehead atoms. The van der Waals surface area contributed by atoms with Crippen LogP contribution in [0.1, 0.15) is 0 Å². The quantitative estimate of drug-likeness (QED) is 0.00636. The Morgan fingerprint density at radius 2 is 0.836 bits per heavy atom. The highest BCUT2D eigenvalue weighted by molar-refractivity contribution is 9.09. The number of halogens is 2. The van der Waals surface area contributed by atoms with Crippen LogP contribution in [0, 0.1) is 0 Å². The van der Waals surface area contributed by atoms with E-state index in [1.54, 1.807) is 42.3 Å². The summed E-state index contributed by atoms with van der Waals surface area (Å²) < 4.78 is 45.4. The Bertz CT molecular complexity index is 893. The van der Waals surface area contributed by atoms with Gasteiger partial charge < -0.3 is 50.3 Å². The second-order valence-electron chi connectivity index (χ2n) is 8.91. The molecule has 374 valence electrons. The fourth-order valence-corrected chi connectivity index (χ4v) is 2.52. The van der Waals surface area contributed by atoms with Gasteiger partial charge in [-0.05, 0) is 11.1 Å². The zero-order chi connectivity index (χ0) is 46.9. The van der Waals surface area contributed by atoms with E-state index in [0.29, 0.717) is 117 Å². The molecule has 0 spiro atoms. The van der Waals surface area contributed by atoms with E-state index in [-0.39, 0.29) is 38.8 Å². The molecule has 0 aliphatic heterocycles. The van der Waals surface area contributed by atoms with Gasteiger partial charge in [-0.1, -0.05) is 26.2 Å². The molecule has 0 saturated carbocycles. The predicted octanol–water partition coefficient (Wildman–Crippen LogP) is -1.81. The molecular formula is C29H78BrClN14O15S. The van der Waals surface area contributed by atoms with Gasteiger partial charge in [0, 0.05) is 77.1 Å². The van der Waals surface area contributed by atoms with Crippen LogP contribution in [0.25, 0.3) is 20.9 Å². The van der Waals surface area contributed by atoms with E-state index in [2.05, 4.69) is 92.4 Å². The summed E-state index contributed by atoms with van der Waals surface area (Å²) in [7, 11) is 6.68. The molecule has 0 heterocycles. The third-order valence-corrected chi connectivity index (χ3v) is 5.22. The molecule has 61 heavy (non-hydrogen) atoms. The van der Waals surface area contributed by atoms with Gasteiger partial charge in [-0.2, -0.15) is 8.42 Å². The Hall–Kier alpha value is -1.50. The van der Waals surface area contributed by atoms with Crippen molar-refractivity contribution in [3.05, 3.63) is 20.9 Å². The summed E-state index contributed by atoms with van der Waals surface area (Å²) in [5.74, 6) is 0. The number of hydrogen-bond acceptors (Lipinski definition) is 25. The molecule has 0 aromatic heterocycles. The first-order chi connectivity index (χ1) is 29.0. The number of ether oxygens (including phenoxy) is 4. The van der Waals surface area contributed by atoms with Crippen molar-refractivity contribution in [1.82, 2.24) is 32.9 Å². The van der Waals surface area contributed by atoms with Gasteiger partial charge in [0.05, 0.1) is 125 Å². The van der Waals surface area contributed by atoms with E-state index in [0.717, 1.165) is 6.26 Å². The molecule has 0 unspecified atom stereocenters. The molecule has 0 aliphatic carbocycles. The molecule has 29 nitrogen and oxygen atoms in total. The molecule has 0 aliphatic rings. The van der Waals surface area contributed by atoms with E-state index < -0.39 is 10.1 Å². The minimum Gasteiger partial charge on any atom is -0.396 e. The first-order valence-corrected chi connectivity index (χ1v) is 21.0. The fourth-order valence-electron chi connectivity index (χ4n) is 2.15. The van der Waals surface area contributed by atoms with E-state index in [1.807, 2.05) is 0 Å². The van der Waals surface area contributed by atoms with Gasteiger partial charge in [-0.15, -0.1) is 12.4 Å². The number of azide groups is 2. The molecule has 0 aromatic rings. The van der Waals surface area contributed by atoms with E-state index in [1.165, 1.54) is 0 Å². The Morgan fingerprint density at radius 3 is 1.15 bits per heavy atom. The Kier molecular flexibility index (Phi) is 108. The summed E-state index contributed by atoms with van der Waals surface area (Å²) >= 11 is 3.00. The lowest BCUT2D eigenvalue weighted by Gasteiger charge is -2.04. The molecule has 0 rings (SSSR count). The molecule has 0 fully saturated rings. The van der Waals surface area contributed by atoms with Crippen molar-refractivity contribution in [1.29, 1.82) is 0 Å². The zero-order valence-electron chi connectivity index (χ0n) is 36.8. The van der Waals surface area contributed by atoms with Gasteiger partial charge in [0.25, 0.3) is 10.1 Å². The number of hydroxylamine groups is 6. The SMILES string of the molecule is CNOCCN.CNOCCN=[N+]=[N-].CNOCCO.CNOCCOCCOCCN.CNOCCOCCOCCN=[N+]=[N-].CNOCCOS(C)(=O)=O.Cl.OCCBr. The summed E-state index contributed by atoms with van der Waals surface area (Å²) in [5.41, 5.74) is 40.8. The maximum Gasteiger partial charge on any atom is 0.264 e. The normalized spacial score (nSPS) is 9.57. The lowest BCUT2D eigenvalue weighted by atomic mass is 10.7. The van der Waals surface area contributed by atoms with Gasteiger partial charge in [-0.3, -0.25) is 23.5 Å². The lowest BCUT2D eigenvalue weighted by molar-refractivity contribution is -0.0103. The van der Waals surface area contributed by atoms with Gasteiger partial charge in [-0.25, -0.2) is 32.9 Å². The van der Waals surface area contributed by atoms with Gasteiger partial charge in [0.2, 0.25) is 0 Å². The molecule has 12 N–H and O–H groups in total. The monoisotopic (exact) mass is 1010 g/mol. The van der Waals surface area contributed by atoms with E-state index in [4.69, 9.17) is 61.4 Å². The largest absolute Gasteiger partial charge is 0.396 e. The standard InChI is InChI=1S/C7H16N4O3.C7H18N2O3.C4H11NO4S.C3H8N4O.C3H10N2O.C3H9NO2.C2H5BrO.ClH/c1-9-14-7-6-13-5-4-12-3-2-10-11-8;1-9-12-7-6-11-5-4-10-3-2-8;1-5-8-3-4-9-10(2,6)7;1-5-8-3-2-6-7-4;1-5-6-3-2-4;1-4-6-3-2-5;3-1-2-4;/h9H,2-7H2,1H3;9H,2-8H2,1H3;5H,3-4H2,1-2H3;5H,2-3H2,1H3;5H,2-4H2,1H3;4-5H,2-3H2,1H3;4H,1-2H2;1H. The third kappa shape index (κ3) is 133. The Balaban J connectivity index is -0.0000000922. The zero-order valence-corrected chi connectivity index (χ0v) is 40.0. The average molecular weight is 1010 g/mol. The summed E-state index contributed by atoms with van der Waals surface area (Å²) in [6.45, 7) is 9.17. The number of nitrogens with zero attached hydrogens (tertiary/aromatic N) is 6. The van der Waals surface area contributed by atoms with Crippen LogP contribution in [0.5, 0.6) is 0 Å². The smallest absolute Gasteiger partial charge is 0.264 e. The maximum absolute atomic E-state index is 10.3. The molecule has 0 amide bonds. The summed E-state index contributed by atoms with van der Waals surface area (Å²) in [4.78, 5) is 33.1.